The van der Waals surface area contributed by atoms with Crippen molar-refractivity contribution in [3.63, 3.8) is 0 Å². The summed E-state index contributed by atoms with van der Waals surface area (Å²) in [4.78, 5) is 1.22. The highest BCUT2D eigenvalue weighted by Crippen LogP contribution is 2.24. The molecule has 0 bridgehead atoms. The van der Waals surface area contributed by atoms with Crippen LogP contribution in [-0.4, -0.2) is 13.1 Å². The van der Waals surface area contributed by atoms with Crippen LogP contribution in [0, 0.1) is 5.92 Å². The van der Waals surface area contributed by atoms with Crippen LogP contribution in [0.4, 0.5) is 0 Å². The smallest absolute Gasteiger partial charge is 0.0539 e. The Labute approximate surface area is 94.5 Å². The second-order valence-corrected chi connectivity index (χ2v) is 5.14. The minimum Gasteiger partial charge on any atom is -0.329 e. The summed E-state index contributed by atoms with van der Waals surface area (Å²) in [7, 11) is 0. The van der Waals surface area contributed by atoms with Crippen LogP contribution in [-0.2, 0) is 0 Å². The molecule has 14 heavy (non-hydrogen) atoms. The van der Waals surface area contributed by atoms with Gasteiger partial charge in [0.1, 0.15) is 0 Å². The maximum absolute atomic E-state index is 5.87. The Morgan fingerprint density at radius 3 is 2.71 bits per heavy atom. The lowest BCUT2D eigenvalue weighted by Crippen LogP contribution is -2.30. The lowest BCUT2D eigenvalue weighted by molar-refractivity contribution is 0.483. The maximum atomic E-state index is 5.87. The largest absolute Gasteiger partial charge is 0.329 e. The molecule has 1 aromatic heterocycles. The summed E-state index contributed by atoms with van der Waals surface area (Å²) < 4.78 is 0. The van der Waals surface area contributed by atoms with Gasteiger partial charge in [-0.15, -0.1) is 11.3 Å². The predicted molar refractivity (Wildman–Crippen MR) is 64.0 cm³/mol. The van der Waals surface area contributed by atoms with Gasteiger partial charge in [-0.3, -0.25) is 0 Å². The van der Waals surface area contributed by atoms with Crippen molar-refractivity contribution in [3.8, 4) is 0 Å². The van der Waals surface area contributed by atoms with Gasteiger partial charge in [0.15, 0.2) is 0 Å². The molecule has 80 valence electrons. The Bertz CT molecular complexity index is 273. The van der Waals surface area contributed by atoms with E-state index >= 15 is 0 Å². The number of thiophene rings is 1. The topological polar surface area (TPSA) is 38.0 Å². The number of nitrogens with one attached hydrogen (secondary N) is 1. The lowest BCUT2D eigenvalue weighted by Gasteiger charge is -2.16. The van der Waals surface area contributed by atoms with E-state index in [4.69, 9.17) is 17.3 Å². The number of hydrogen-bond donors (Lipinski definition) is 2. The minimum atomic E-state index is 0.245. The van der Waals surface area contributed by atoms with Crippen LogP contribution in [0.15, 0.2) is 11.4 Å². The van der Waals surface area contributed by atoms with Gasteiger partial charge in [-0.05, 0) is 18.5 Å². The highest BCUT2D eigenvalue weighted by Gasteiger charge is 2.11. The zero-order valence-electron chi connectivity index (χ0n) is 8.59. The van der Waals surface area contributed by atoms with E-state index in [2.05, 4.69) is 19.2 Å². The van der Waals surface area contributed by atoms with Gasteiger partial charge in [0, 0.05) is 16.8 Å². The van der Waals surface area contributed by atoms with Crippen molar-refractivity contribution in [1.29, 1.82) is 0 Å². The monoisotopic (exact) mass is 232 g/mol. The van der Waals surface area contributed by atoms with Gasteiger partial charge in [0.25, 0.3) is 0 Å². The van der Waals surface area contributed by atoms with Crippen molar-refractivity contribution in [2.24, 2.45) is 11.7 Å². The summed E-state index contributed by atoms with van der Waals surface area (Å²) in [6, 6.07) is 2.23. The molecule has 0 amide bonds. The van der Waals surface area contributed by atoms with E-state index in [-0.39, 0.29) is 6.04 Å². The first kappa shape index (κ1) is 12.0. The predicted octanol–water partition coefficient (Wildman–Crippen LogP) is 2.65. The molecule has 1 heterocycles. The first-order valence-corrected chi connectivity index (χ1v) is 6.06. The quantitative estimate of drug-likeness (QED) is 0.819. The summed E-state index contributed by atoms with van der Waals surface area (Å²) in [5, 5.41) is 6.17. The molecule has 0 aliphatic heterocycles. The normalized spacial score (nSPS) is 13.5. The fourth-order valence-corrected chi connectivity index (χ4v) is 2.36. The Morgan fingerprint density at radius 2 is 2.29 bits per heavy atom. The fraction of sp³-hybridized carbons (Fsp3) is 0.600. The Kier molecular flexibility index (Phi) is 4.89. The lowest BCUT2D eigenvalue weighted by atomic mass is 10.2. The number of halogens is 1. The molecular formula is C10H17ClN2S. The molecule has 3 N–H and O–H groups in total. The summed E-state index contributed by atoms with van der Waals surface area (Å²) >= 11 is 7.53. The molecular weight excluding hydrogens is 216 g/mol. The van der Waals surface area contributed by atoms with E-state index in [0.717, 1.165) is 11.6 Å². The van der Waals surface area contributed by atoms with Crippen LogP contribution in [0.3, 0.4) is 0 Å². The van der Waals surface area contributed by atoms with E-state index in [1.165, 1.54) is 4.88 Å². The zero-order chi connectivity index (χ0) is 10.6. The molecule has 2 nitrogen and oxygen atoms in total. The highest BCUT2D eigenvalue weighted by atomic mass is 35.5. The van der Waals surface area contributed by atoms with E-state index in [9.17, 15) is 0 Å². The number of hydrogen-bond acceptors (Lipinski definition) is 3. The summed E-state index contributed by atoms with van der Waals surface area (Å²) in [5.74, 6) is 0.638. The van der Waals surface area contributed by atoms with Crippen molar-refractivity contribution in [2.75, 3.05) is 13.1 Å². The number of nitrogens with two attached hydrogens (primary N) is 1. The van der Waals surface area contributed by atoms with E-state index < -0.39 is 0 Å². The summed E-state index contributed by atoms with van der Waals surface area (Å²) in [6.07, 6.45) is 0. The standard InChI is InChI=1S/C10H17ClN2S/c1-7(2)5-13-9(4-12)10-3-8(11)6-14-10/h3,6-7,9,13H,4-5,12H2,1-2H3. The molecule has 0 aliphatic carbocycles. The van der Waals surface area contributed by atoms with Gasteiger partial charge in [0.2, 0.25) is 0 Å². The van der Waals surface area contributed by atoms with Crippen LogP contribution in [0.2, 0.25) is 5.02 Å². The first-order valence-electron chi connectivity index (χ1n) is 4.81. The van der Waals surface area contributed by atoms with Gasteiger partial charge in [-0.1, -0.05) is 25.4 Å². The van der Waals surface area contributed by atoms with Crippen LogP contribution < -0.4 is 11.1 Å². The molecule has 0 fully saturated rings. The SMILES string of the molecule is CC(C)CNC(CN)c1cc(Cl)cs1. The van der Waals surface area contributed by atoms with Crippen molar-refractivity contribution in [2.45, 2.75) is 19.9 Å². The average Bonchev–Trinajstić information content (AvgIpc) is 2.53. The molecule has 0 saturated carbocycles. The first-order chi connectivity index (χ1) is 6.63. The van der Waals surface area contributed by atoms with E-state index in [1.807, 2.05) is 11.4 Å². The molecule has 0 aromatic carbocycles. The van der Waals surface area contributed by atoms with Crippen molar-refractivity contribution in [1.82, 2.24) is 5.32 Å². The third-order valence-corrected chi connectivity index (χ3v) is 3.33. The van der Waals surface area contributed by atoms with Crippen LogP contribution in [0.1, 0.15) is 24.8 Å². The third-order valence-electron chi connectivity index (χ3n) is 1.94. The molecule has 1 aromatic rings. The molecule has 0 saturated heterocycles. The average molecular weight is 233 g/mol. The molecule has 1 unspecified atom stereocenters. The van der Waals surface area contributed by atoms with Crippen LogP contribution in [0.5, 0.6) is 0 Å². The van der Waals surface area contributed by atoms with Gasteiger partial charge in [-0.2, -0.15) is 0 Å². The molecule has 4 heteroatoms. The second kappa shape index (κ2) is 5.71. The Hall–Kier alpha value is -0.0900. The molecule has 1 atom stereocenters. The second-order valence-electron chi connectivity index (χ2n) is 3.76. The van der Waals surface area contributed by atoms with E-state index in [0.29, 0.717) is 12.5 Å². The minimum absolute atomic E-state index is 0.245. The maximum Gasteiger partial charge on any atom is 0.0539 e. The molecule has 0 radical (unpaired) electrons. The highest BCUT2D eigenvalue weighted by molar-refractivity contribution is 7.10. The van der Waals surface area contributed by atoms with E-state index in [1.54, 1.807) is 11.3 Å². The van der Waals surface area contributed by atoms with Crippen LogP contribution in [0.25, 0.3) is 0 Å². The Morgan fingerprint density at radius 1 is 1.57 bits per heavy atom. The third kappa shape index (κ3) is 3.58. The molecule has 0 aliphatic rings. The fourth-order valence-electron chi connectivity index (χ4n) is 1.19. The van der Waals surface area contributed by atoms with Crippen molar-refractivity contribution < 1.29 is 0 Å². The number of rotatable bonds is 5. The summed E-state index contributed by atoms with van der Waals surface area (Å²) in [6.45, 7) is 5.96. The van der Waals surface area contributed by atoms with Crippen molar-refractivity contribution in [3.05, 3.63) is 21.3 Å². The van der Waals surface area contributed by atoms with Gasteiger partial charge >= 0.3 is 0 Å². The van der Waals surface area contributed by atoms with Gasteiger partial charge in [-0.25, -0.2) is 0 Å². The van der Waals surface area contributed by atoms with Crippen molar-refractivity contribution >= 4 is 22.9 Å². The molecule has 0 spiro atoms. The summed E-state index contributed by atoms with van der Waals surface area (Å²) in [5.41, 5.74) is 5.70. The molecule has 1 rings (SSSR count). The van der Waals surface area contributed by atoms with Gasteiger partial charge < -0.3 is 11.1 Å². The Balaban J connectivity index is 2.54. The van der Waals surface area contributed by atoms with Crippen LogP contribution >= 0.6 is 22.9 Å². The zero-order valence-corrected chi connectivity index (χ0v) is 10.2. The van der Waals surface area contributed by atoms with Gasteiger partial charge in [0.05, 0.1) is 11.1 Å².